The molecule has 1 amide bonds. The van der Waals surface area contributed by atoms with E-state index in [-0.39, 0.29) is 12.0 Å². The highest BCUT2D eigenvalue weighted by Gasteiger charge is 2.39. The highest BCUT2D eigenvalue weighted by atomic mass is 19.4. The normalized spacial score (nSPS) is 21.4. The van der Waals surface area contributed by atoms with E-state index in [9.17, 15) is 18.0 Å². The molecule has 1 unspecified atom stereocenters. The SMILES string of the molecule is CC[C@H](NC=O)C1C=CC(n2nc(C(F)(F)F)c3c2CCCC3)=CC1. The molecule has 0 aromatic carbocycles. The molecule has 1 aromatic heterocycles. The number of amides is 1. The van der Waals surface area contributed by atoms with Crippen molar-refractivity contribution in [2.75, 3.05) is 0 Å². The second kappa shape index (κ2) is 7.06. The molecule has 1 aromatic rings. The second-order valence-corrected chi connectivity index (χ2v) is 6.58. The van der Waals surface area contributed by atoms with Gasteiger partial charge in [-0.2, -0.15) is 18.3 Å². The van der Waals surface area contributed by atoms with E-state index in [0.29, 0.717) is 42.6 Å². The zero-order valence-corrected chi connectivity index (χ0v) is 14.1. The first-order valence-electron chi connectivity index (χ1n) is 8.72. The van der Waals surface area contributed by atoms with E-state index < -0.39 is 11.9 Å². The van der Waals surface area contributed by atoms with Gasteiger partial charge in [0.15, 0.2) is 5.69 Å². The second-order valence-electron chi connectivity index (χ2n) is 6.58. The number of halogens is 3. The van der Waals surface area contributed by atoms with E-state index in [0.717, 1.165) is 19.3 Å². The molecular weight excluding hydrogens is 331 g/mol. The van der Waals surface area contributed by atoms with E-state index in [2.05, 4.69) is 10.4 Å². The molecule has 2 aliphatic carbocycles. The van der Waals surface area contributed by atoms with Gasteiger partial charge in [0.25, 0.3) is 0 Å². The lowest BCUT2D eigenvalue weighted by Crippen LogP contribution is -2.34. The van der Waals surface area contributed by atoms with Crippen LogP contribution >= 0.6 is 0 Å². The number of fused-ring (bicyclic) bond motifs is 1. The number of carbonyl (C=O) groups excluding carboxylic acids is 1. The van der Waals surface area contributed by atoms with Crippen molar-refractivity contribution < 1.29 is 18.0 Å². The van der Waals surface area contributed by atoms with E-state index in [1.54, 1.807) is 0 Å². The highest BCUT2D eigenvalue weighted by molar-refractivity contribution is 5.60. The smallest absolute Gasteiger partial charge is 0.355 e. The Morgan fingerprint density at radius 1 is 1.40 bits per heavy atom. The van der Waals surface area contributed by atoms with Gasteiger partial charge < -0.3 is 5.32 Å². The van der Waals surface area contributed by atoms with Gasteiger partial charge in [-0.05, 0) is 44.6 Å². The largest absolute Gasteiger partial charge is 0.435 e. The standard InChI is InChI=1S/C18H22F3N3O/c1-2-15(22-11-25)12-7-9-13(10-8-12)24-16-6-4-3-5-14(16)17(23-24)18(19,20)21/h7,9-12,15H,2-6,8H2,1H3,(H,22,25)/t12?,15-/m0/s1. The fourth-order valence-electron chi connectivity index (χ4n) is 3.75. The number of rotatable bonds is 5. The quantitative estimate of drug-likeness (QED) is 0.820. The predicted molar refractivity (Wildman–Crippen MR) is 88.7 cm³/mol. The summed E-state index contributed by atoms with van der Waals surface area (Å²) < 4.78 is 41.4. The van der Waals surface area contributed by atoms with Crippen LogP contribution < -0.4 is 5.32 Å². The minimum Gasteiger partial charge on any atom is -0.355 e. The Bertz CT molecular complexity index is 703. The number of hydrogen-bond acceptors (Lipinski definition) is 2. The minimum atomic E-state index is -4.42. The molecule has 2 atom stereocenters. The Balaban J connectivity index is 1.89. The molecule has 4 nitrogen and oxygen atoms in total. The molecule has 1 N–H and O–H groups in total. The summed E-state index contributed by atoms with van der Waals surface area (Å²) in [5, 5.41) is 6.71. The highest BCUT2D eigenvalue weighted by Crippen LogP contribution is 2.37. The third kappa shape index (κ3) is 3.50. The average Bonchev–Trinajstić information content (AvgIpc) is 3.00. The molecule has 3 rings (SSSR count). The van der Waals surface area contributed by atoms with Crippen molar-refractivity contribution in [3.05, 3.63) is 35.2 Å². The molecule has 0 aliphatic heterocycles. The van der Waals surface area contributed by atoms with Gasteiger partial charge in [0.2, 0.25) is 6.41 Å². The van der Waals surface area contributed by atoms with Gasteiger partial charge in [-0.1, -0.05) is 19.1 Å². The summed E-state index contributed by atoms with van der Waals surface area (Å²) in [6.45, 7) is 1.99. The Labute approximate surface area is 144 Å². The molecule has 1 heterocycles. The van der Waals surface area contributed by atoms with Crippen LogP contribution in [0.25, 0.3) is 5.70 Å². The van der Waals surface area contributed by atoms with Crippen molar-refractivity contribution in [1.82, 2.24) is 15.1 Å². The van der Waals surface area contributed by atoms with Gasteiger partial charge >= 0.3 is 6.18 Å². The lowest BCUT2D eigenvalue weighted by Gasteiger charge is -2.25. The molecule has 2 aliphatic rings. The van der Waals surface area contributed by atoms with Crippen LogP contribution in [0.2, 0.25) is 0 Å². The number of nitrogens with one attached hydrogen (secondary N) is 1. The van der Waals surface area contributed by atoms with Crippen molar-refractivity contribution in [2.45, 2.75) is 57.7 Å². The van der Waals surface area contributed by atoms with Crippen LogP contribution in [0.4, 0.5) is 13.2 Å². The third-order valence-electron chi connectivity index (χ3n) is 5.05. The fourth-order valence-corrected chi connectivity index (χ4v) is 3.75. The molecular formula is C18H22F3N3O. The number of nitrogens with zero attached hydrogens (tertiary/aromatic N) is 2. The Morgan fingerprint density at radius 3 is 2.76 bits per heavy atom. The Kier molecular flexibility index (Phi) is 5.01. The molecule has 0 saturated heterocycles. The average molecular weight is 353 g/mol. The third-order valence-corrected chi connectivity index (χ3v) is 5.05. The van der Waals surface area contributed by atoms with Crippen LogP contribution in [0.15, 0.2) is 18.2 Å². The monoisotopic (exact) mass is 353 g/mol. The molecule has 136 valence electrons. The summed E-state index contributed by atoms with van der Waals surface area (Å²) in [6.07, 6.45) is 6.16. The maximum absolute atomic E-state index is 13.3. The predicted octanol–water partition coefficient (Wildman–Crippen LogP) is 3.72. The summed E-state index contributed by atoms with van der Waals surface area (Å²) in [4.78, 5) is 10.7. The van der Waals surface area contributed by atoms with Crippen molar-refractivity contribution in [2.24, 2.45) is 5.92 Å². The number of alkyl halides is 3. The molecule has 7 heteroatoms. The Morgan fingerprint density at radius 2 is 2.16 bits per heavy atom. The van der Waals surface area contributed by atoms with Crippen LogP contribution in [0.5, 0.6) is 0 Å². The Hall–Kier alpha value is -2.05. The van der Waals surface area contributed by atoms with Crippen LogP contribution in [0.1, 0.15) is 49.6 Å². The first kappa shape index (κ1) is 17.8. The summed E-state index contributed by atoms with van der Waals surface area (Å²) in [7, 11) is 0. The van der Waals surface area contributed by atoms with Crippen LogP contribution in [0.3, 0.4) is 0 Å². The first-order chi connectivity index (χ1) is 12.0. The lowest BCUT2D eigenvalue weighted by molar-refractivity contribution is -0.142. The van der Waals surface area contributed by atoms with Crippen molar-refractivity contribution in [1.29, 1.82) is 0 Å². The van der Waals surface area contributed by atoms with Crippen molar-refractivity contribution in [3.63, 3.8) is 0 Å². The van der Waals surface area contributed by atoms with Gasteiger partial charge in [-0.15, -0.1) is 0 Å². The molecule has 0 fully saturated rings. The topological polar surface area (TPSA) is 46.9 Å². The number of aromatic nitrogens is 2. The van der Waals surface area contributed by atoms with Gasteiger partial charge in [0, 0.05) is 23.2 Å². The number of hydrogen-bond donors (Lipinski definition) is 1. The maximum Gasteiger partial charge on any atom is 0.435 e. The van der Waals surface area contributed by atoms with Gasteiger partial charge in [-0.3, -0.25) is 4.79 Å². The summed E-state index contributed by atoms with van der Waals surface area (Å²) in [5.41, 5.74) is 0.980. The van der Waals surface area contributed by atoms with Gasteiger partial charge in [0.05, 0.1) is 5.70 Å². The number of carbonyl (C=O) groups is 1. The molecule has 0 saturated carbocycles. The van der Waals surface area contributed by atoms with E-state index in [4.69, 9.17) is 0 Å². The summed E-state index contributed by atoms with van der Waals surface area (Å²) in [6, 6.07) is 0.0313. The summed E-state index contributed by atoms with van der Waals surface area (Å²) in [5.74, 6) is 0.146. The molecule has 0 radical (unpaired) electrons. The van der Waals surface area contributed by atoms with Crippen LogP contribution in [0, 0.1) is 5.92 Å². The molecule has 0 bridgehead atoms. The maximum atomic E-state index is 13.3. The molecule has 25 heavy (non-hydrogen) atoms. The zero-order valence-electron chi connectivity index (χ0n) is 14.1. The lowest BCUT2D eigenvalue weighted by atomic mass is 9.90. The zero-order chi connectivity index (χ0) is 18.0. The molecule has 0 spiro atoms. The fraction of sp³-hybridized carbons (Fsp3) is 0.556. The van der Waals surface area contributed by atoms with E-state index >= 15 is 0 Å². The van der Waals surface area contributed by atoms with Crippen LogP contribution in [-0.2, 0) is 23.8 Å². The van der Waals surface area contributed by atoms with Gasteiger partial charge in [0.1, 0.15) is 0 Å². The van der Waals surface area contributed by atoms with E-state index in [1.165, 1.54) is 4.68 Å². The van der Waals surface area contributed by atoms with Crippen molar-refractivity contribution in [3.8, 4) is 0 Å². The summed E-state index contributed by atoms with van der Waals surface area (Å²) >= 11 is 0. The van der Waals surface area contributed by atoms with Gasteiger partial charge in [-0.25, -0.2) is 4.68 Å². The first-order valence-corrected chi connectivity index (χ1v) is 8.72. The van der Waals surface area contributed by atoms with Crippen LogP contribution in [-0.4, -0.2) is 22.2 Å². The minimum absolute atomic E-state index is 0.0313. The van der Waals surface area contributed by atoms with E-state index in [1.807, 2.05) is 25.2 Å². The number of allylic oxidation sites excluding steroid dienone is 3. The van der Waals surface area contributed by atoms with Crippen molar-refractivity contribution >= 4 is 12.1 Å².